The first-order valence-electron chi connectivity index (χ1n) is 9.06. The highest BCUT2D eigenvalue weighted by molar-refractivity contribution is 7.98. The van der Waals surface area contributed by atoms with Gasteiger partial charge in [0, 0.05) is 13.5 Å². The minimum atomic E-state index is -0.626. The molecule has 0 heterocycles. The predicted octanol–water partition coefficient (Wildman–Crippen LogP) is 1.44. The van der Waals surface area contributed by atoms with Gasteiger partial charge in [-0.1, -0.05) is 44.5 Å². The van der Waals surface area contributed by atoms with Crippen LogP contribution in [0.1, 0.15) is 39.2 Å². The Balaban J connectivity index is 0.00000729. The van der Waals surface area contributed by atoms with Crippen LogP contribution in [0.4, 0.5) is 0 Å². The molecule has 0 aliphatic rings. The van der Waals surface area contributed by atoms with E-state index in [0.717, 1.165) is 17.7 Å². The van der Waals surface area contributed by atoms with Gasteiger partial charge < -0.3 is 22.1 Å². The van der Waals surface area contributed by atoms with E-state index in [1.807, 2.05) is 32.2 Å². The van der Waals surface area contributed by atoms with Crippen molar-refractivity contribution in [2.45, 2.75) is 45.3 Å². The molecule has 7 nitrogen and oxygen atoms in total. The average Bonchev–Trinajstić information content (AvgIpc) is 2.67. The Bertz CT molecular complexity index is 642. The summed E-state index contributed by atoms with van der Waals surface area (Å²) in [6, 6.07) is 5.86. The Morgan fingerprint density at radius 2 is 1.89 bits per heavy atom. The zero-order chi connectivity index (χ0) is 20.4. The Hall–Kier alpha value is -2.06. The number of carbonyl (C=O) groups excluding carboxylic acids is 2. The van der Waals surface area contributed by atoms with Crippen LogP contribution in [0, 0.1) is 11.3 Å². The zero-order valence-corrected chi connectivity index (χ0v) is 17.1. The lowest BCUT2D eigenvalue weighted by Crippen LogP contribution is -2.53. The number of amidine groups is 1. The lowest BCUT2D eigenvalue weighted by molar-refractivity contribution is -0.130. The van der Waals surface area contributed by atoms with E-state index < -0.39 is 12.1 Å². The van der Waals surface area contributed by atoms with Gasteiger partial charge in [-0.05, 0) is 29.9 Å². The van der Waals surface area contributed by atoms with Crippen molar-refractivity contribution >= 4 is 29.4 Å². The number of benzene rings is 1. The maximum atomic E-state index is 12.6. The zero-order valence-electron chi connectivity index (χ0n) is 16.2. The van der Waals surface area contributed by atoms with Crippen molar-refractivity contribution < 1.29 is 11.0 Å². The fourth-order valence-electron chi connectivity index (χ4n) is 2.40. The molecule has 1 aromatic carbocycles. The van der Waals surface area contributed by atoms with Crippen molar-refractivity contribution in [1.82, 2.24) is 10.6 Å². The van der Waals surface area contributed by atoms with E-state index in [2.05, 4.69) is 10.6 Å². The lowest BCUT2D eigenvalue weighted by atomic mass is 9.99. The third-order valence-corrected chi connectivity index (χ3v) is 5.18. The van der Waals surface area contributed by atoms with Crippen molar-refractivity contribution in [1.29, 1.82) is 5.41 Å². The monoisotopic (exact) mass is 395 g/mol. The van der Waals surface area contributed by atoms with Crippen LogP contribution >= 0.6 is 11.8 Å². The predicted molar refractivity (Wildman–Crippen MR) is 114 cm³/mol. The highest BCUT2D eigenvalue weighted by Gasteiger charge is 2.25. The molecule has 1 rings (SSSR count). The number of amides is 2. The summed E-state index contributed by atoms with van der Waals surface area (Å²) in [5, 5.41) is 13.0. The first kappa shape index (κ1) is 23.0. The van der Waals surface area contributed by atoms with Gasteiger partial charge in [-0.15, -0.1) is 0 Å². The van der Waals surface area contributed by atoms with Crippen LogP contribution < -0.4 is 22.1 Å². The molecule has 0 spiro atoms. The number of thioether (sulfide) groups is 1. The van der Waals surface area contributed by atoms with Crippen LogP contribution in [0.3, 0.4) is 0 Å². The number of carbonyl (C=O) groups is 2. The maximum absolute atomic E-state index is 12.6. The van der Waals surface area contributed by atoms with Crippen molar-refractivity contribution in [2.24, 2.45) is 17.4 Å². The molecule has 0 aliphatic heterocycles. The molecule has 0 aromatic heterocycles. The molecule has 27 heavy (non-hydrogen) atoms. The number of rotatable bonds is 11. The maximum Gasteiger partial charge on any atom is 0.242 e. The van der Waals surface area contributed by atoms with E-state index >= 15 is 0 Å². The summed E-state index contributed by atoms with van der Waals surface area (Å²) < 4.78 is 0. The van der Waals surface area contributed by atoms with E-state index in [1.165, 1.54) is 0 Å². The van der Waals surface area contributed by atoms with Crippen molar-refractivity contribution in [3.63, 3.8) is 0 Å². The van der Waals surface area contributed by atoms with E-state index in [1.54, 1.807) is 23.9 Å². The number of hydrogen-bond acceptors (Lipinski definition) is 5. The highest BCUT2D eigenvalue weighted by atomic mass is 32.2. The van der Waals surface area contributed by atoms with Crippen molar-refractivity contribution in [3.05, 3.63) is 35.4 Å². The first-order valence-corrected chi connectivity index (χ1v) is 10.4. The second kappa shape index (κ2) is 11.6. The molecule has 1 aromatic rings. The Kier molecular flexibility index (Phi) is 9.88. The van der Waals surface area contributed by atoms with Gasteiger partial charge in [-0.2, -0.15) is 11.8 Å². The molecule has 2 amide bonds. The van der Waals surface area contributed by atoms with E-state index in [9.17, 15) is 9.59 Å². The van der Waals surface area contributed by atoms with Gasteiger partial charge >= 0.3 is 0 Å². The van der Waals surface area contributed by atoms with Gasteiger partial charge in [-0.25, -0.2) is 0 Å². The third-order valence-electron chi connectivity index (χ3n) is 4.54. The molecule has 8 heteroatoms. The van der Waals surface area contributed by atoms with Crippen LogP contribution in [0.25, 0.3) is 0 Å². The molecule has 3 atom stereocenters. The summed E-state index contributed by atoms with van der Waals surface area (Å²) in [6.45, 7) is 4.24. The number of nitrogens with two attached hydrogens (primary N) is 2. The second-order valence-corrected chi connectivity index (χ2v) is 7.57. The molecule has 0 saturated heterocycles. The topological polar surface area (TPSA) is 134 Å². The summed E-state index contributed by atoms with van der Waals surface area (Å²) >= 11 is 1.62. The summed E-state index contributed by atoms with van der Waals surface area (Å²) in [4.78, 5) is 24.9. The van der Waals surface area contributed by atoms with Crippen molar-refractivity contribution in [3.8, 4) is 0 Å². The first-order chi connectivity index (χ1) is 12.8. The van der Waals surface area contributed by atoms with Crippen LogP contribution in [0.5, 0.6) is 0 Å². The minimum Gasteiger partial charge on any atom is -0.384 e. The number of hydrogen-bond donors (Lipinski definition) is 5. The molecule has 0 bridgehead atoms. The second-order valence-electron chi connectivity index (χ2n) is 6.58. The molecule has 0 aliphatic carbocycles. The van der Waals surface area contributed by atoms with Gasteiger partial charge in [-0.3, -0.25) is 15.0 Å². The molecule has 0 radical (unpaired) electrons. The van der Waals surface area contributed by atoms with Crippen molar-refractivity contribution in [2.75, 3.05) is 12.0 Å². The van der Waals surface area contributed by atoms with Crippen LogP contribution in [0.2, 0.25) is 0 Å². The summed E-state index contributed by atoms with van der Waals surface area (Å²) in [6.07, 6.45) is 3.29. The minimum absolute atomic E-state index is 0. The third kappa shape index (κ3) is 7.60. The quantitative estimate of drug-likeness (QED) is 0.285. The standard InChI is InChI=1S/C19H31N5O2S.H2/c1-4-12(2)16(20)19(26)24-15(9-10-27-3)18(25)23-11-13-5-7-14(8-6-13)17(21)22;/h5-8,12,15-16H,4,9-11,20H2,1-3H3,(H3,21,22)(H,23,25)(H,24,26);1H/t12?,15?,16-;/m1./s1. The van der Waals surface area contributed by atoms with Crippen LogP contribution in [-0.2, 0) is 16.1 Å². The molecule has 7 N–H and O–H groups in total. The molecule has 0 saturated carbocycles. The smallest absolute Gasteiger partial charge is 0.242 e. The fraction of sp³-hybridized carbons (Fsp3) is 0.526. The average molecular weight is 396 g/mol. The number of nitrogen functional groups attached to an aromatic ring is 1. The molecular weight excluding hydrogens is 362 g/mol. The Morgan fingerprint density at radius 3 is 2.41 bits per heavy atom. The summed E-state index contributed by atoms with van der Waals surface area (Å²) in [5.74, 6) is 0.280. The normalized spacial score (nSPS) is 14.1. The Morgan fingerprint density at radius 1 is 1.26 bits per heavy atom. The fourth-order valence-corrected chi connectivity index (χ4v) is 2.87. The van der Waals surface area contributed by atoms with Gasteiger partial charge in [0.15, 0.2) is 0 Å². The van der Waals surface area contributed by atoms with Gasteiger partial charge in [0.25, 0.3) is 0 Å². The Labute approximate surface area is 167 Å². The molecule has 152 valence electrons. The molecular formula is C19H33N5O2S. The summed E-state index contributed by atoms with van der Waals surface area (Å²) in [7, 11) is 0. The highest BCUT2D eigenvalue weighted by Crippen LogP contribution is 2.08. The molecule has 0 fully saturated rings. The van der Waals surface area contributed by atoms with Gasteiger partial charge in [0.05, 0.1) is 6.04 Å². The summed E-state index contributed by atoms with van der Waals surface area (Å²) in [5.41, 5.74) is 12.9. The largest absolute Gasteiger partial charge is 0.384 e. The number of nitrogens with one attached hydrogen (secondary N) is 3. The molecule has 2 unspecified atom stereocenters. The van der Waals surface area contributed by atoms with E-state index in [4.69, 9.17) is 16.9 Å². The van der Waals surface area contributed by atoms with Gasteiger partial charge in [0.1, 0.15) is 11.9 Å². The SMILES string of the molecule is CCC(C)[C@@H](N)C(=O)NC(CCSC)C(=O)NCc1ccc(C(=N)N)cc1.[HH]. The van der Waals surface area contributed by atoms with E-state index in [-0.39, 0.29) is 25.0 Å². The van der Waals surface area contributed by atoms with Crippen LogP contribution in [0.15, 0.2) is 24.3 Å². The van der Waals surface area contributed by atoms with Gasteiger partial charge in [0.2, 0.25) is 11.8 Å². The van der Waals surface area contributed by atoms with Crippen LogP contribution in [-0.4, -0.2) is 41.7 Å². The lowest BCUT2D eigenvalue weighted by Gasteiger charge is -2.23. The van der Waals surface area contributed by atoms with E-state index in [0.29, 0.717) is 18.5 Å².